The van der Waals surface area contributed by atoms with Crippen LogP contribution in [0.1, 0.15) is 32.3 Å². The first-order chi connectivity index (χ1) is 9.59. The first-order valence-electron chi connectivity index (χ1n) is 7.64. The van der Waals surface area contributed by atoms with E-state index in [2.05, 4.69) is 60.7 Å². The van der Waals surface area contributed by atoms with Gasteiger partial charge in [-0.3, -0.25) is 4.90 Å². The molecule has 0 amide bonds. The summed E-state index contributed by atoms with van der Waals surface area (Å²) in [5, 5.41) is 3.77. The minimum absolute atomic E-state index is 0.335. The van der Waals surface area contributed by atoms with E-state index in [0.717, 1.165) is 13.1 Å². The molecule has 112 valence electrons. The summed E-state index contributed by atoms with van der Waals surface area (Å²) in [4.78, 5) is 2.59. The second-order valence-electron chi connectivity index (χ2n) is 6.40. The normalized spacial score (nSPS) is 21.1. The number of piperidine rings is 1. The van der Waals surface area contributed by atoms with Crippen molar-refractivity contribution in [2.24, 2.45) is 0 Å². The van der Waals surface area contributed by atoms with Crippen LogP contribution in [0.2, 0.25) is 0 Å². The molecule has 0 aliphatic carbocycles. The Morgan fingerprint density at radius 2 is 2.05 bits per heavy atom. The fraction of sp³-hybridized carbons (Fsp3) is 0.647. The lowest BCUT2D eigenvalue weighted by atomic mass is 10.0. The molecule has 0 saturated carbocycles. The van der Waals surface area contributed by atoms with Gasteiger partial charge >= 0.3 is 0 Å². The van der Waals surface area contributed by atoms with E-state index in [1.54, 1.807) is 0 Å². The average Bonchev–Trinajstić information content (AvgIpc) is 2.47. The Balaban J connectivity index is 1.80. The Morgan fingerprint density at radius 3 is 2.75 bits per heavy atom. The fourth-order valence-corrected chi connectivity index (χ4v) is 2.90. The summed E-state index contributed by atoms with van der Waals surface area (Å²) in [6.45, 7) is 9.23. The molecular formula is C17H28N2S. The summed E-state index contributed by atoms with van der Waals surface area (Å²) in [5.41, 5.74) is 1.43. The minimum atomic E-state index is 0.335. The zero-order valence-electron chi connectivity index (χ0n) is 13.1. The van der Waals surface area contributed by atoms with Gasteiger partial charge in [0.25, 0.3) is 0 Å². The standard InChI is InChI=1S/C17H28N2S/c1-17(2,20-3)14-18-16-10-7-11-19(13-16)12-15-8-5-4-6-9-15/h4-6,8-9,16,18H,7,10-14H2,1-3H3. The Labute approximate surface area is 128 Å². The third-order valence-electron chi connectivity index (χ3n) is 4.12. The third kappa shape index (κ3) is 5.12. The lowest BCUT2D eigenvalue weighted by molar-refractivity contribution is 0.182. The van der Waals surface area contributed by atoms with Crippen LogP contribution in [0.4, 0.5) is 0 Å². The van der Waals surface area contributed by atoms with Gasteiger partial charge in [0, 0.05) is 30.4 Å². The summed E-state index contributed by atoms with van der Waals surface area (Å²) in [5.74, 6) is 0. The van der Waals surface area contributed by atoms with Crippen molar-refractivity contribution >= 4 is 11.8 Å². The number of benzene rings is 1. The Kier molecular flexibility index (Phi) is 5.94. The molecule has 2 rings (SSSR count). The highest BCUT2D eigenvalue weighted by atomic mass is 32.2. The molecule has 0 aromatic heterocycles. The quantitative estimate of drug-likeness (QED) is 0.865. The van der Waals surface area contributed by atoms with Crippen LogP contribution in [0.25, 0.3) is 0 Å². The number of nitrogens with zero attached hydrogens (tertiary/aromatic N) is 1. The molecule has 1 N–H and O–H groups in total. The zero-order valence-corrected chi connectivity index (χ0v) is 13.9. The van der Waals surface area contributed by atoms with Gasteiger partial charge in [0.2, 0.25) is 0 Å². The number of likely N-dealkylation sites (tertiary alicyclic amines) is 1. The van der Waals surface area contributed by atoms with Crippen LogP contribution in [0.15, 0.2) is 30.3 Å². The van der Waals surface area contributed by atoms with Crippen LogP contribution in [-0.4, -0.2) is 41.6 Å². The van der Waals surface area contributed by atoms with E-state index in [1.165, 1.54) is 31.5 Å². The van der Waals surface area contributed by atoms with Crippen molar-refractivity contribution in [2.45, 2.75) is 44.0 Å². The fourth-order valence-electron chi connectivity index (χ4n) is 2.67. The van der Waals surface area contributed by atoms with E-state index < -0.39 is 0 Å². The van der Waals surface area contributed by atoms with Gasteiger partial charge in [-0.05, 0) is 45.1 Å². The molecule has 1 fully saturated rings. The van der Waals surface area contributed by atoms with Crippen molar-refractivity contribution < 1.29 is 0 Å². The number of hydrogen-bond acceptors (Lipinski definition) is 3. The smallest absolute Gasteiger partial charge is 0.0234 e. The molecule has 2 nitrogen and oxygen atoms in total. The molecular weight excluding hydrogens is 264 g/mol. The van der Waals surface area contributed by atoms with Gasteiger partial charge < -0.3 is 5.32 Å². The SMILES string of the molecule is CSC(C)(C)CNC1CCCN(Cc2ccccc2)C1. The topological polar surface area (TPSA) is 15.3 Å². The molecule has 1 aromatic rings. The van der Waals surface area contributed by atoms with Crippen molar-refractivity contribution in [2.75, 3.05) is 25.9 Å². The number of hydrogen-bond donors (Lipinski definition) is 1. The lowest BCUT2D eigenvalue weighted by Gasteiger charge is -2.35. The molecule has 1 unspecified atom stereocenters. The molecule has 1 aliphatic rings. The molecule has 1 heterocycles. The van der Waals surface area contributed by atoms with Gasteiger partial charge in [-0.2, -0.15) is 11.8 Å². The molecule has 20 heavy (non-hydrogen) atoms. The van der Waals surface area contributed by atoms with Crippen molar-refractivity contribution in [1.29, 1.82) is 0 Å². The molecule has 0 spiro atoms. The average molecular weight is 292 g/mol. The highest BCUT2D eigenvalue weighted by Crippen LogP contribution is 2.21. The number of nitrogens with one attached hydrogen (secondary N) is 1. The van der Waals surface area contributed by atoms with Crippen LogP contribution in [-0.2, 0) is 6.54 Å². The van der Waals surface area contributed by atoms with Gasteiger partial charge in [0.05, 0.1) is 0 Å². The van der Waals surface area contributed by atoms with Crippen LogP contribution in [0.5, 0.6) is 0 Å². The second-order valence-corrected chi connectivity index (χ2v) is 7.92. The molecule has 1 aliphatic heterocycles. The predicted molar refractivity (Wildman–Crippen MR) is 90.3 cm³/mol. The summed E-state index contributed by atoms with van der Waals surface area (Å²) in [7, 11) is 0. The van der Waals surface area contributed by atoms with Gasteiger partial charge in [-0.15, -0.1) is 0 Å². The maximum Gasteiger partial charge on any atom is 0.0234 e. The maximum atomic E-state index is 3.77. The van der Waals surface area contributed by atoms with Crippen LogP contribution in [0, 0.1) is 0 Å². The molecule has 1 saturated heterocycles. The van der Waals surface area contributed by atoms with Gasteiger partial charge in [0.1, 0.15) is 0 Å². The van der Waals surface area contributed by atoms with Crippen molar-refractivity contribution in [3.8, 4) is 0 Å². The Morgan fingerprint density at radius 1 is 1.30 bits per heavy atom. The van der Waals surface area contributed by atoms with Crippen molar-refractivity contribution in [3.05, 3.63) is 35.9 Å². The molecule has 1 aromatic carbocycles. The highest BCUT2D eigenvalue weighted by Gasteiger charge is 2.22. The van der Waals surface area contributed by atoms with E-state index in [-0.39, 0.29) is 0 Å². The van der Waals surface area contributed by atoms with Crippen LogP contribution in [0.3, 0.4) is 0 Å². The van der Waals surface area contributed by atoms with Gasteiger partial charge in [-0.25, -0.2) is 0 Å². The molecule has 3 heteroatoms. The summed E-state index contributed by atoms with van der Waals surface area (Å²) in [6, 6.07) is 11.5. The number of thioether (sulfide) groups is 1. The Hall–Kier alpha value is -0.510. The van der Waals surface area contributed by atoms with Crippen LogP contribution >= 0.6 is 11.8 Å². The minimum Gasteiger partial charge on any atom is -0.311 e. The molecule has 0 radical (unpaired) electrons. The van der Waals surface area contributed by atoms with E-state index >= 15 is 0 Å². The van der Waals surface area contributed by atoms with E-state index in [0.29, 0.717) is 10.8 Å². The molecule has 0 bridgehead atoms. The largest absolute Gasteiger partial charge is 0.311 e. The highest BCUT2D eigenvalue weighted by molar-refractivity contribution is 7.99. The van der Waals surface area contributed by atoms with Crippen LogP contribution < -0.4 is 5.32 Å². The van der Waals surface area contributed by atoms with E-state index in [4.69, 9.17) is 0 Å². The second kappa shape index (κ2) is 7.48. The summed E-state index contributed by atoms with van der Waals surface area (Å²) >= 11 is 1.94. The molecule has 1 atom stereocenters. The Bertz CT molecular complexity index is 391. The third-order valence-corrected chi connectivity index (χ3v) is 5.37. The number of rotatable bonds is 6. The van der Waals surface area contributed by atoms with Gasteiger partial charge in [-0.1, -0.05) is 30.3 Å². The van der Waals surface area contributed by atoms with E-state index in [9.17, 15) is 0 Å². The van der Waals surface area contributed by atoms with Crippen molar-refractivity contribution in [3.63, 3.8) is 0 Å². The monoisotopic (exact) mass is 292 g/mol. The summed E-state index contributed by atoms with van der Waals surface area (Å²) < 4.78 is 0.335. The van der Waals surface area contributed by atoms with Crippen molar-refractivity contribution in [1.82, 2.24) is 10.2 Å². The maximum absolute atomic E-state index is 3.77. The summed E-state index contributed by atoms with van der Waals surface area (Å²) in [6.07, 6.45) is 4.82. The van der Waals surface area contributed by atoms with E-state index in [1.807, 2.05) is 11.8 Å². The lowest BCUT2D eigenvalue weighted by Crippen LogP contribution is -2.48. The zero-order chi connectivity index (χ0) is 14.4. The predicted octanol–water partition coefficient (Wildman–Crippen LogP) is 3.38. The van der Waals surface area contributed by atoms with Gasteiger partial charge in [0.15, 0.2) is 0 Å². The first kappa shape index (κ1) is 15.9. The first-order valence-corrected chi connectivity index (χ1v) is 8.86.